The van der Waals surface area contributed by atoms with Gasteiger partial charge in [0.25, 0.3) is 0 Å². The fourth-order valence-electron chi connectivity index (χ4n) is 4.51. The highest BCUT2D eigenvalue weighted by Crippen LogP contribution is 2.27. The van der Waals surface area contributed by atoms with Crippen LogP contribution in [0.3, 0.4) is 0 Å². The molecular formula is C23H26N4O3. The van der Waals surface area contributed by atoms with Crippen LogP contribution in [0.4, 0.5) is 0 Å². The number of hydrogen-bond acceptors (Lipinski definition) is 3. The molecule has 0 saturated heterocycles. The topological polar surface area (TPSA) is 82.0 Å². The van der Waals surface area contributed by atoms with E-state index < -0.39 is 5.97 Å². The molecule has 0 fully saturated rings. The molecule has 30 heavy (non-hydrogen) atoms. The number of aliphatic carboxylic acids is 1. The van der Waals surface area contributed by atoms with Crippen LogP contribution in [-0.2, 0) is 18.4 Å². The molecule has 0 aliphatic rings. The average molecular weight is 406 g/mol. The zero-order valence-electron chi connectivity index (χ0n) is 17.5. The Hall–Kier alpha value is -3.35. The zero-order chi connectivity index (χ0) is 21.4. The van der Waals surface area contributed by atoms with E-state index in [9.17, 15) is 14.7 Å². The van der Waals surface area contributed by atoms with Crippen molar-refractivity contribution in [2.24, 2.45) is 7.05 Å². The molecule has 3 heterocycles. The Morgan fingerprint density at radius 1 is 1.20 bits per heavy atom. The number of aromatic nitrogens is 4. The third-order valence-corrected chi connectivity index (χ3v) is 5.79. The quantitative estimate of drug-likeness (QED) is 0.505. The Bertz CT molecular complexity index is 1300. The van der Waals surface area contributed by atoms with Crippen LogP contribution < -0.4 is 5.69 Å². The number of rotatable bonds is 7. The highest BCUT2D eigenvalue weighted by atomic mass is 16.4. The van der Waals surface area contributed by atoms with Gasteiger partial charge in [0.1, 0.15) is 0 Å². The first-order valence-corrected chi connectivity index (χ1v) is 10.2. The van der Waals surface area contributed by atoms with Gasteiger partial charge in [0.2, 0.25) is 0 Å². The molecule has 3 aromatic heterocycles. The lowest BCUT2D eigenvalue weighted by Crippen LogP contribution is -2.29. The molecule has 0 saturated carbocycles. The van der Waals surface area contributed by atoms with E-state index in [0.717, 1.165) is 39.5 Å². The van der Waals surface area contributed by atoms with Gasteiger partial charge in [0.05, 0.1) is 30.2 Å². The number of carboxylic acids is 1. The van der Waals surface area contributed by atoms with Crippen molar-refractivity contribution in [2.75, 3.05) is 0 Å². The van der Waals surface area contributed by atoms with Crippen LogP contribution in [-0.4, -0.2) is 29.8 Å². The van der Waals surface area contributed by atoms with Crippen LogP contribution in [0.1, 0.15) is 43.4 Å². The number of aryl methyl sites for hydroxylation is 2. The molecule has 0 bridgehead atoms. The molecule has 0 unspecified atom stereocenters. The Morgan fingerprint density at radius 2 is 2.00 bits per heavy atom. The number of hydrogen-bond donors (Lipinski definition) is 1. The molecular weight excluding hydrogens is 380 g/mol. The van der Waals surface area contributed by atoms with E-state index in [0.29, 0.717) is 13.0 Å². The van der Waals surface area contributed by atoms with Crippen LogP contribution in [0.15, 0.2) is 47.7 Å². The van der Waals surface area contributed by atoms with E-state index in [-0.39, 0.29) is 18.2 Å². The summed E-state index contributed by atoms with van der Waals surface area (Å²) in [5.41, 5.74) is 4.60. The number of pyridine rings is 1. The predicted octanol–water partition coefficient (Wildman–Crippen LogP) is 3.86. The SMILES string of the molecule is CCC[C@@H](CC(=O)O)n1c(=O)n(Cc2cn(C)c3cccc(C)c23)c2cnccc21. The van der Waals surface area contributed by atoms with Crippen LogP contribution in [0.5, 0.6) is 0 Å². The standard InChI is InChI=1S/C23H26N4O3/c1-4-6-17(11-21(28)29)27-18-9-10-24-12-20(18)26(23(27)30)14-16-13-25(3)19-8-5-7-15(2)22(16)19/h5,7-10,12-13,17H,4,6,11,14H2,1-3H3,(H,28,29)/t17-/m0/s1. The minimum Gasteiger partial charge on any atom is -0.481 e. The summed E-state index contributed by atoms with van der Waals surface area (Å²) in [6.07, 6.45) is 6.74. The fourth-order valence-corrected chi connectivity index (χ4v) is 4.51. The second-order valence-electron chi connectivity index (χ2n) is 7.88. The van der Waals surface area contributed by atoms with E-state index in [1.54, 1.807) is 27.6 Å². The molecule has 156 valence electrons. The van der Waals surface area contributed by atoms with Crippen molar-refractivity contribution in [1.29, 1.82) is 0 Å². The molecule has 1 N–H and O–H groups in total. The highest BCUT2D eigenvalue weighted by Gasteiger charge is 2.23. The Labute approximate surface area is 174 Å². The van der Waals surface area contributed by atoms with Gasteiger partial charge in [0.15, 0.2) is 0 Å². The number of fused-ring (bicyclic) bond motifs is 2. The molecule has 7 heteroatoms. The van der Waals surface area contributed by atoms with Gasteiger partial charge < -0.3 is 9.67 Å². The Balaban J connectivity index is 1.90. The summed E-state index contributed by atoms with van der Waals surface area (Å²) in [6, 6.07) is 7.59. The van der Waals surface area contributed by atoms with E-state index in [4.69, 9.17) is 0 Å². The molecule has 1 aromatic carbocycles. The Morgan fingerprint density at radius 3 is 2.73 bits per heavy atom. The van der Waals surface area contributed by atoms with Crippen LogP contribution in [0.2, 0.25) is 0 Å². The zero-order valence-corrected chi connectivity index (χ0v) is 17.5. The minimum absolute atomic E-state index is 0.0808. The van der Waals surface area contributed by atoms with Gasteiger partial charge in [-0.3, -0.25) is 18.9 Å². The first-order valence-electron chi connectivity index (χ1n) is 10.2. The maximum atomic E-state index is 13.5. The van der Waals surface area contributed by atoms with Crippen LogP contribution >= 0.6 is 0 Å². The smallest absolute Gasteiger partial charge is 0.329 e. The number of carboxylic acid groups (broad SMARTS) is 1. The lowest BCUT2D eigenvalue weighted by molar-refractivity contribution is -0.137. The summed E-state index contributed by atoms with van der Waals surface area (Å²) < 4.78 is 5.44. The summed E-state index contributed by atoms with van der Waals surface area (Å²) in [4.78, 5) is 29.2. The van der Waals surface area contributed by atoms with Crippen molar-refractivity contribution in [3.05, 3.63) is 64.5 Å². The summed E-state index contributed by atoms with van der Waals surface area (Å²) >= 11 is 0. The van der Waals surface area contributed by atoms with E-state index in [1.807, 2.05) is 20.0 Å². The summed E-state index contributed by atoms with van der Waals surface area (Å²) in [6.45, 7) is 4.48. The molecule has 0 amide bonds. The largest absolute Gasteiger partial charge is 0.481 e. The van der Waals surface area contributed by atoms with Gasteiger partial charge in [-0.15, -0.1) is 0 Å². The predicted molar refractivity (Wildman–Crippen MR) is 117 cm³/mol. The van der Waals surface area contributed by atoms with Crippen LogP contribution in [0, 0.1) is 6.92 Å². The van der Waals surface area contributed by atoms with E-state index >= 15 is 0 Å². The molecule has 4 rings (SSSR count). The maximum Gasteiger partial charge on any atom is 0.329 e. The number of imidazole rings is 1. The van der Waals surface area contributed by atoms with Gasteiger partial charge in [-0.2, -0.15) is 0 Å². The third-order valence-electron chi connectivity index (χ3n) is 5.79. The van der Waals surface area contributed by atoms with Gasteiger partial charge in [0, 0.05) is 36.4 Å². The number of benzene rings is 1. The van der Waals surface area contributed by atoms with Crippen molar-refractivity contribution in [3.8, 4) is 0 Å². The van der Waals surface area contributed by atoms with Crippen molar-refractivity contribution in [1.82, 2.24) is 18.7 Å². The molecule has 0 spiro atoms. The second-order valence-corrected chi connectivity index (χ2v) is 7.88. The highest BCUT2D eigenvalue weighted by molar-refractivity contribution is 5.87. The van der Waals surface area contributed by atoms with Gasteiger partial charge in [-0.05, 0) is 36.6 Å². The Kier molecular flexibility index (Phi) is 5.20. The second kappa shape index (κ2) is 7.82. The number of carbonyl (C=O) groups is 1. The molecule has 4 aromatic rings. The first-order chi connectivity index (χ1) is 14.4. The third kappa shape index (κ3) is 3.30. The molecule has 0 aliphatic carbocycles. The van der Waals surface area contributed by atoms with Gasteiger partial charge >= 0.3 is 11.7 Å². The lowest BCUT2D eigenvalue weighted by atomic mass is 10.1. The summed E-state index contributed by atoms with van der Waals surface area (Å²) in [5.74, 6) is -0.903. The molecule has 0 aliphatic heterocycles. The van der Waals surface area contributed by atoms with Crippen molar-refractivity contribution in [3.63, 3.8) is 0 Å². The van der Waals surface area contributed by atoms with Crippen molar-refractivity contribution < 1.29 is 9.90 Å². The summed E-state index contributed by atoms with van der Waals surface area (Å²) in [5, 5.41) is 10.5. The van der Waals surface area contributed by atoms with Crippen molar-refractivity contribution >= 4 is 27.9 Å². The lowest BCUT2D eigenvalue weighted by Gasteiger charge is -2.15. The van der Waals surface area contributed by atoms with E-state index in [2.05, 4.69) is 34.8 Å². The van der Waals surface area contributed by atoms with Crippen molar-refractivity contribution in [2.45, 2.75) is 45.7 Å². The first kappa shape index (κ1) is 19.9. The molecule has 0 radical (unpaired) electrons. The maximum absolute atomic E-state index is 13.5. The summed E-state index contributed by atoms with van der Waals surface area (Å²) in [7, 11) is 2.00. The van der Waals surface area contributed by atoms with Gasteiger partial charge in [-0.25, -0.2) is 4.79 Å². The fraction of sp³-hybridized carbons (Fsp3) is 0.348. The normalized spacial score (nSPS) is 12.6. The average Bonchev–Trinajstić information content (AvgIpc) is 3.17. The minimum atomic E-state index is -0.903. The van der Waals surface area contributed by atoms with Gasteiger partial charge in [-0.1, -0.05) is 25.5 Å². The number of nitrogens with zero attached hydrogens (tertiary/aromatic N) is 4. The van der Waals surface area contributed by atoms with E-state index in [1.165, 1.54) is 0 Å². The monoisotopic (exact) mass is 406 g/mol. The molecule has 1 atom stereocenters. The molecule has 7 nitrogen and oxygen atoms in total. The van der Waals surface area contributed by atoms with Crippen LogP contribution in [0.25, 0.3) is 21.9 Å².